The van der Waals surface area contributed by atoms with Crippen LogP contribution in [0.25, 0.3) is 10.4 Å². The molecule has 0 saturated carbocycles. The zero-order valence-corrected chi connectivity index (χ0v) is 5.25. The number of hydrogen-bond donors (Lipinski definition) is 1. The molecule has 4 heteroatoms. The highest BCUT2D eigenvalue weighted by Crippen LogP contribution is 2.06. The number of rotatable bonds is 2. The average Bonchev–Trinajstić information content (AvgIpc) is 2.34. The van der Waals surface area contributed by atoms with Gasteiger partial charge in [0.15, 0.2) is 0 Å². The molecular formula is C5H10N4. The average molecular weight is 126 g/mol. The van der Waals surface area contributed by atoms with Crippen LogP contribution in [0.15, 0.2) is 5.11 Å². The number of hydrogen-bond acceptors (Lipinski definition) is 2. The zero-order chi connectivity index (χ0) is 6.53. The second-order valence-corrected chi connectivity index (χ2v) is 2.27. The second-order valence-electron chi connectivity index (χ2n) is 2.27. The van der Waals surface area contributed by atoms with Gasteiger partial charge in [0.1, 0.15) is 0 Å². The van der Waals surface area contributed by atoms with Gasteiger partial charge in [0, 0.05) is 11.5 Å². The highest BCUT2D eigenvalue weighted by molar-refractivity contribution is 4.72. The minimum Gasteiger partial charge on any atom is -0.316 e. The number of nitrogens with one attached hydrogen (secondary N) is 1. The molecule has 0 aromatic heterocycles. The second kappa shape index (κ2) is 3.33. The van der Waals surface area contributed by atoms with Crippen molar-refractivity contribution in [3.8, 4) is 0 Å². The van der Waals surface area contributed by atoms with Gasteiger partial charge < -0.3 is 5.32 Å². The minimum absolute atomic E-state index is 0.584. The smallest absolute Gasteiger partial charge is 0.0298 e. The highest BCUT2D eigenvalue weighted by Gasteiger charge is 2.11. The van der Waals surface area contributed by atoms with Crippen LogP contribution in [0.4, 0.5) is 0 Å². The van der Waals surface area contributed by atoms with Crippen molar-refractivity contribution in [1.82, 2.24) is 5.32 Å². The fourth-order valence-corrected chi connectivity index (χ4v) is 1.02. The SMILES string of the molecule is [N-]=[N+]=NC[C@H]1CCNC1. The topological polar surface area (TPSA) is 60.8 Å². The van der Waals surface area contributed by atoms with E-state index in [0.29, 0.717) is 12.5 Å². The summed E-state index contributed by atoms with van der Waals surface area (Å²) in [6.07, 6.45) is 1.15. The highest BCUT2D eigenvalue weighted by atomic mass is 15.1. The van der Waals surface area contributed by atoms with Crippen molar-refractivity contribution in [2.24, 2.45) is 11.0 Å². The molecule has 0 aromatic carbocycles. The van der Waals surface area contributed by atoms with E-state index in [1.807, 2.05) is 0 Å². The van der Waals surface area contributed by atoms with Crippen LogP contribution in [0.5, 0.6) is 0 Å². The van der Waals surface area contributed by atoms with E-state index in [4.69, 9.17) is 5.53 Å². The van der Waals surface area contributed by atoms with E-state index in [9.17, 15) is 0 Å². The normalized spacial score (nSPS) is 25.6. The lowest BCUT2D eigenvalue weighted by Crippen LogP contribution is -2.10. The van der Waals surface area contributed by atoms with E-state index in [1.165, 1.54) is 0 Å². The van der Waals surface area contributed by atoms with Gasteiger partial charge in [-0.1, -0.05) is 5.11 Å². The van der Waals surface area contributed by atoms with E-state index in [-0.39, 0.29) is 0 Å². The Morgan fingerprint density at radius 2 is 2.67 bits per heavy atom. The van der Waals surface area contributed by atoms with Gasteiger partial charge in [-0.05, 0) is 31.0 Å². The first-order valence-corrected chi connectivity index (χ1v) is 3.15. The third-order valence-electron chi connectivity index (χ3n) is 1.57. The quantitative estimate of drug-likeness (QED) is 0.333. The fraction of sp³-hybridized carbons (Fsp3) is 1.00. The standard InChI is InChI=1S/C5H10N4/c6-9-8-4-5-1-2-7-3-5/h5,7H,1-4H2/t5-/m0/s1. The Balaban J connectivity index is 2.18. The van der Waals surface area contributed by atoms with E-state index < -0.39 is 0 Å². The van der Waals surface area contributed by atoms with E-state index in [2.05, 4.69) is 15.3 Å². The first-order valence-electron chi connectivity index (χ1n) is 3.15. The summed E-state index contributed by atoms with van der Waals surface area (Å²) in [5, 5.41) is 6.69. The van der Waals surface area contributed by atoms with Crippen molar-refractivity contribution < 1.29 is 0 Å². The summed E-state index contributed by atoms with van der Waals surface area (Å²) >= 11 is 0. The molecule has 0 spiro atoms. The molecule has 1 fully saturated rings. The molecule has 1 atom stereocenters. The minimum atomic E-state index is 0.584. The third kappa shape index (κ3) is 1.91. The van der Waals surface area contributed by atoms with Crippen LogP contribution >= 0.6 is 0 Å². The largest absolute Gasteiger partial charge is 0.316 e. The van der Waals surface area contributed by atoms with Crippen molar-refractivity contribution in [3.05, 3.63) is 10.4 Å². The Kier molecular flexibility index (Phi) is 2.36. The van der Waals surface area contributed by atoms with Crippen LogP contribution in [-0.4, -0.2) is 19.6 Å². The summed E-state index contributed by atoms with van der Waals surface area (Å²) in [6, 6.07) is 0. The summed E-state index contributed by atoms with van der Waals surface area (Å²) in [6.45, 7) is 2.74. The molecule has 50 valence electrons. The van der Waals surface area contributed by atoms with Gasteiger partial charge in [0.2, 0.25) is 0 Å². The summed E-state index contributed by atoms with van der Waals surface area (Å²) in [4.78, 5) is 2.70. The molecule has 9 heavy (non-hydrogen) atoms. The maximum absolute atomic E-state index is 7.96. The molecule has 1 saturated heterocycles. The number of azide groups is 1. The summed E-state index contributed by atoms with van der Waals surface area (Å²) in [5.74, 6) is 0.584. The Morgan fingerprint density at radius 1 is 1.78 bits per heavy atom. The van der Waals surface area contributed by atoms with Gasteiger partial charge in [-0.2, -0.15) is 0 Å². The van der Waals surface area contributed by atoms with Crippen LogP contribution in [0.3, 0.4) is 0 Å². The van der Waals surface area contributed by atoms with Gasteiger partial charge in [-0.3, -0.25) is 0 Å². The summed E-state index contributed by atoms with van der Waals surface area (Å²) in [5.41, 5.74) is 7.96. The zero-order valence-electron chi connectivity index (χ0n) is 5.25. The van der Waals surface area contributed by atoms with Gasteiger partial charge in [0.05, 0.1) is 0 Å². The lowest BCUT2D eigenvalue weighted by molar-refractivity contribution is 0.594. The Bertz CT molecular complexity index is 121. The molecule has 0 bridgehead atoms. The molecule has 1 rings (SSSR count). The van der Waals surface area contributed by atoms with Gasteiger partial charge >= 0.3 is 0 Å². The lowest BCUT2D eigenvalue weighted by atomic mass is 10.1. The third-order valence-corrected chi connectivity index (χ3v) is 1.57. The molecule has 1 N–H and O–H groups in total. The Hall–Kier alpha value is -0.730. The van der Waals surface area contributed by atoms with Gasteiger partial charge in [-0.15, -0.1) is 0 Å². The fourth-order valence-electron chi connectivity index (χ4n) is 1.02. The van der Waals surface area contributed by atoms with Crippen LogP contribution < -0.4 is 5.32 Å². The van der Waals surface area contributed by atoms with Crippen LogP contribution in [0.1, 0.15) is 6.42 Å². The molecule has 0 amide bonds. The molecule has 0 radical (unpaired) electrons. The Morgan fingerprint density at radius 3 is 3.22 bits per heavy atom. The summed E-state index contributed by atoms with van der Waals surface area (Å²) in [7, 11) is 0. The summed E-state index contributed by atoms with van der Waals surface area (Å²) < 4.78 is 0. The van der Waals surface area contributed by atoms with Crippen molar-refractivity contribution in [2.75, 3.05) is 19.6 Å². The molecule has 1 aliphatic rings. The molecule has 0 aliphatic carbocycles. The van der Waals surface area contributed by atoms with Gasteiger partial charge in [0.25, 0.3) is 0 Å². The monoisotopic (exact) mass is 126 g/mol. The van der Waals surface area contributed by atoms with Crippen LogP contribution in [0.2, 0.25) is 0 Å². The predicted molar refractivity (Wildman–Crippen MR) is 35.0 cm³/mol. The van der Waals surface area contributed by atoms with Crippen molar-refractivity contribution in [3.63, 3.8) is 0 Å². The van der Waals surface area contributed by atoms with Crippen molar-refractivity contribution in [1.29, 1.82) is 0 Å². The van der Waals surface area contributed by atoms with E-state index in [1.54, 1.807) is 0 Å². The van der Waals surface area contributed by atoms with Crippen LogP contribution in [0, 0.1) is 5.92 Å². The lowest BCUT2D eigenvalue weighted by Gasteiger charge is -1.98. The Labute approximate surface area is 53.9 Å². The number of nitrogens with zero attached hydrogens (tertiary/aromatic N) is 3. The first kappa shape index (κ1) is 6.39. The van der Waals surface area contributed by atoms with Crippen molar-refractivity contribution in [2.45, 2.75) is 6.42 Å². The van der Waals surface area contributed by atoms with Gasteiger partial charge in [-0.25, -0.2) is 0 Å². The maximum atomic E-state index is 7.96. The maximum Gasteiger partial charge on any atom is 0.0298 e. The molecule has 4 nitrogen and oxygen atoms in total. The first-order chi connectivity index (χ1) is 4.43. The molecule has 0 unspecified atom stereocenters. The van der Waals surface area contributed by atoms with E-state index in [0.717, 1.165) is 19.5 Å². The predicted octanol–water partition coefficient (Wildman–Crippen LogP) is 0.906. The van der Waals surface area contributed by atoms with E-state index >= 15 is 0 Å². The van der Waals surface area contributed by atoms with Crippen molar-refractivity contribution >= 4 is 0 Å². The van der Waals surface area contributed by atoms with Crippen LogP contribution in [-0.2, 0) is 0 Å². The molecule has 0 aromatic rings. The molecular weight excluding hydrogens is 116 g/mol. The molecule has 1 aliphatic heterocycles. The molecule has 1 heterocycles.